The summed E-state index contributed by atoms with van der Waals surface area (Å²) in [6.07, 6.45) is 4.10. The first-order chi connectivity index (χ1) is 9.51. The molecule has 1 aromatic carbocycles. The summed E-state index contributed by atoms with van der Waals surface area (Å²) in [5, 5.41) is 0. The SMILES string of the molecule is COC(=O)Cc1ccc(S(=O)(=O)NC2CCCC2)cc1. The molecule has 1 aromatic rings. The molecule has 6 heteroatoms. The number of carbonyl (C=O) groups is 1. The van der Waals surface area contributed by atoms with Crippen molar-refractivity contribution >= 4 is 16.0 Å². The summed E-state index contributed by atoms with van der Waals surface area (Å²) in [6, 6.07) is 6.38. The Bertz CT molecular complexity index is 559. The van der Waals surface area contributed by atoms with E-state index in [1.54, 1.807) is 12.1 Å². The van der Waals surface area contributed by atoms with Crippen LogP contribution in [0.1, 0.15) is 31.2 Å². The summed E-state index contributed by atoms with van der Waals surface area (Å²) in [6.45, 7) is 0. The molecule has 1 fully saturated rings. The monoisotopic (exact) mass is 297 g/mol. The van der Waals surface area contributed by atoms with Crippen molar-refractivity contribution in [2.45, 2.75) is 43.0 Å². The Balaban J connectivity index is 2.06. The van der Waals surface area contributed by atoms with Gasteiger partial charge in [0.25, 0.3) is 0 Å². The minimum atomic E-state index is -3.46. The molecule has 0 unspecified atom stereocenters. The van der Waals surface area contributed by atoms with Crippen molar-refractivity contribution in [3.63, 3.8) is 0 Å². The van der Waals surface area contributed by atoms with Crippen molar-refractivity contribution in [2.24, 2.45) is 0 Å². The van der Waals surface area contributed by atoms with Gasteiger partial charge in [-0.05, 0) is 30.5 Å². The minimum Gasteiger partial charge on any atom is -0.469 e. The molecule has 1 aliphatic carbocycles. The van der Waals surface area contributed by atoms with E-state index in [0.717, 1.165) is 31.2 Å². The van der Waals surface area contributed by atoms with Gasteiger partial charge in [0.1, 0.15) is 0 Å². The fourth-order valence-electron chi connectivity index (χ4n) is 2.36. The lowest BCUT2D eigenvalue weighted by Crippen LogP contribution is -2.32. The first kappa shape index (κ1) is 15.0. The maximum atomic E-state index is 12.2. The summed E-state index contributed by atoms with van der Waals surface area (Å²) in [5.74, 6) is -0.343. The van der Waals surface area contributed by atoms with Gasteiger partial charge in [-0.15, -0.1) is 0 Å². The van der Waals surface area contributed by atoms with Gasteiger partial charge in [0.2, 0.25) is 10.0 Å². The van der Waals surface area contributed by atoms with Crippen molar-refractivity contribution in [3.05, 3.63) is 29.8 Å². The van der Waals surface area contributed by atoms with E-state index >= 15 is 0 Å². The predicted octanol–water partition coefficient (Wildman–Crippen LogP) is 1.62. The normalized spacial score (nSPS) is 16.2. The summed E-state index contributed by atoms with van der Waals surface area (Å²) in [7, 11) is -2.13. The van der Waals surface area contributed by atoms with E-state index in [0.29, 0.717) is 0 Å². The Labute approximate surface area is 119 Å². The summed E-state index contributed by atoms with van der Waals surface area (Å²) >= 11 is 0. The molecule has 0 saturated heterocycles. The van der Waals surface area contributed by atoms with Gasteiger partial charge in [0.05, 0.1) is 18.4 Å². The molecule has 0 heterocycles. The van der Waals surface area contributed by atoms with E-state index in [1.165, 1.54) is 19.2 Å². The number of hydrogen-bond acceptors (Lipinski definition) is 4. The van der Waals surface area contributed by atoms with Crippen LogP contribution in [-0.2, 0) is 26.0 Å². The third-order valence-electron chi connectivity index (χ3n) is 3.49. The number of esters is 1. The van der Waals surface area contributed by atoms with Crippen LogP contribution in [0.2, 0.25) is 0 Å². The zero-order chi connectivity index (χ0) is 14.6. The molecule has 1 saturated carbocycles. The molecule has 0 atom stereocenters. The van der Waals surface area contributed by atoms with Crippen LogP contribution in [0.15, 0.2) is 29.2 Å². The maximum Gasteiger partial charge on any atom is 0.309 e. The molecule has 1 N–H and O–H groups in total. The molecule has 0 spiro atoms. The number of benzene rings is 1. The van der Waals surface area contributed by atoms with Crippen LogP contribution < -0.4 is 4.72 Å². The van der Waals surface area contributed by atoms with Crippen molar-refractivity contribution < 1.29 is 17.9 Å². The molecule has 20 heavy (non-hydrogen) atoms. The number of sulfonamides is 1. The zero-order valence-electron chi connectivity index (χ0n) is 11.5. The molecule has 110 valence electrons. The van der Waals surface area contributed by atoms with E-state index in [4.69, 9.17) is 0 Å². The van der Waals surface area contributed by atoms with Crippen LogP contribution in [0.4, 0.5) is 0 Å². The van der Waals surface area contributed by atoms with Gasteiger partial charge in [-0.3, -0.25) is 4.79 Å². The number of methoxy groups -OCH3 is 1. The van der Waals surface area contributed by atoms with E-state index in [-0.39, 0.29) is 23.3 Å². The molecule has 0 aromatic heterocycles. The van der Waals surface area contributed by atoms with Crippen LogP contribution in [0.25, 0.3) is 0 Å². The average Bonchev–Trinajstić information content (AvgIpc) is 2.91. The second-order valence-corrected chi connectivity index (χ2v) is 6.71. The molecule has 0 aliphatic heterocycles. The lowest BCUT2D eigenvalue weighted by Gasteiger charge is -2.12. The summed E-state index contributed by atoms with van der Waals surface area (Å²) in [5.41, 5.74) is 0.733. The van der Waals surface area contributed by atoms with E-state index in [9.17, 15) is 13.2 Å². The van der Waals surface area contributed by atoms with Gasteiger partial charge < -0.3 is 4.74 Å². The second kappa shape index (κ2) is 6.37. The molecule has 0 radical (unpaired) electrons. The summed E-state index contributed by atoms with van der Waals surface area (Å²) < 4.78 is 31.6. The number of rotatable bonds is 5. The van der Waals surface area contributed by atoms with Crippen molar-refractivity contribution in [1.29, 1.82) is 0 Å². The van der Waals surface area contributed by atoms with Crippen LogP contribution in [-0.4, -0.2) is 27.5 Å². The van der Waals surface area contributed by atoms with E-state index < -0.39 is 10.0 Å². The Morgan fingerprint density at radius 3 is 2.40 bits per heavy atom. The Kier molecular flexibility index (Phi) is 4.77. The summed E-state index contributed by atoms with van der Waals surface area (Å²) in [4.78, 5) is 11.4. The molecule has 0 bridgehead atoms. The van der Waals surface area contributed by atoms with Crippen molar-refractivity contribution in [3.8, 4) is 0 Å². The van der Waals surface area contributed by atoms with Crippen molar-refractivity contribution in [2.75, 3.05) is 7.11 Å². The molecule has 0 amide bonds. The third-order valence-corrected chi connectivity index (χ3v) is 5.02. The van der Waals surface area contributed by atoms with Crippen molar-refractivity contribution in [1.82, 2.24) is 4.72 Å². The number of nitrogens with one attached hydrogen (secondary N) is 1. The van der Waals surface area contributed by atoms with Gasteiger partial charge in [-0.1, -0.05) is 25.0 Å². The second-order valence-electron chi connectivity index (χ2n) is 5.00. The van der Waals surface area contributed by atoms with Crippen LogP contribution in [0.3, 0.4) is 0 Å². The average molecular weight is 297 g/mol. The highest BCUT2D eigenvalue weighted by Gasteiger charge is 2.22. The van der Waals surface area contributed by atoms with E-state index in [2.05, 4.69) is 9.46 Å². The third kappa shape index (κ3) is 3.80. The highest BCUT2D eigenvalue weighted by Crippen LogP contribution is 2.20. The lowest BCUT2D eigenvalue weighted by atomic mass is 10.2. The van der Waals surface area contributed by atoms with Crippen LogP contribution in [0, 0.1) is 0 Å². The fraction of sp³-hybridized carbons (Fsp3) is 0.500. The Hall–Kier alpha value is -1.40. The smallest absolute Gasteiger partial charge is 0.309 e. The molecular weight excluding hydrogens is 278 g/mol. The van der Waals surface area contributed by atoms with Gasteiger partial charge in [0, 0.05) is 6.04 Å². The quantitative estimate of drug-likeness (QED) is 0.838. The molecular formula is C14H19NO4S. The minimum absolute atomic E-state index is 0.0507. The lowest BCUT2D eigenvalue weighted by molar-refractivity contribution is -0.139. The highest BCUT2D eigenvalue weighted by molar-refractivity contribution is 7.89. The molecule has 5 nitrogen and oxygen atoms in total. The maximum absolute atomic E-state index is 12.2. The predicted molar refractivity (Wildman–Crippen MR) is 74.7 cm³/mol. The first-order valence-corrected chi connectivity index (χ1v) is 8.17. The Morgan fingerprint density at radius 1 is 1.25 bits per heavy atom. The van der Waals surface area contributed by atoms with E-state index in [1.807, 2.05) is 0 Å². The Morgan fingerprint density at radius 2 is 1.85 bits per heavy atom. The number of hydrogen-bond donors (Lipinski definition) is 1. The molecule has 1 aliphatic rings. The first-order valence-electron chi connectivity index (χ1n) is 6.69. The van der Waals surface area contributed by atoms with Crippen LogP contribution in [0.5, 0.6) is 0 Å². The van der Waals surface area contributed by atoms with Crippen LogP contribution >= 0.6 is 0 Å². The van der Waals surface area contributed by atoms with Gasteiger partial charge in [-0.25, -0.2) is 13.1 Å². The van der Waals surface area contributed by atoms with Gasteiger partial charge in [0.15, 0.2) is 0 Å². The standard InChI is InChI=1S/C14H19NO4S/c1-19-14(16)10-11-6-8-13(9-7-11)20(17,18)15-12-4-2-3-5-12/h6-9,12,15H,2-5,10H2,1H3. The largest absolute Gasteiger partial charge is 0.469 e. The number of carbonyl (C=O) groups excluding carboxylic acids is 1. The highest BCUT2D eigenvalue weighted by atomic mass is 32.2. The zero-order valence-corrected chi connectivity index (χ0v) is 12.3. The van der Waals surface area contributed by atoms with Gasteiger partial charge in [-0.2, -0.15) is 0 Å². The fourth-order valence-corrected chi connectivity index (χ4v) is 3.66. The van der Waals surface area contributed by atoms with Gasteiger partial charge >= 0.3 is 5.97 Å². The molecule has 2 rings (SSSR count). The topological polar surface area (TPSA) is 72.5 Å². The number of ether oxygens (including phenoxy) is 1.